The smallest absolute Gasteiger partial charge is 0.680 e. The van der Waals surface area contributed by atoms with Gasteiger partial charge in [0.15, 0.2) is 0 Å². The van der Waals surface area contributed by atoms with Crippen molar-refractivity contribution >= 4 is 110 Å². The molecule has 0 aliphatic heterocycles. The Bertz CT molecular complexity index is 506. The van der Waals surface area contributed by atoms with Gasteiger partial charge in [-0.15, -0.1) is 0 Å². The summed E-state index contributed by atoms with van der Waals surface area (Å²) in [4.78, 5) is 0. The van der Waals surface area contributed by atoms with Crippen LogP contribution in [0.5, 0.6) is 0 Å². The molecule has 0 spiro atoms. The first-order chi connectivity index (χ1) is 20.0. The van der Waals surface area contributed by atoms with Crippen LogP contribution in [-0.4, -0.2) is 67.8 Å². The number of hydrogen-bond acceptors (Lipinski definition) is 6. The van der Waals surface area contributed by atoms with Crippen LogP contribution in [-0.2, 0) is 75.8 Å². The number of halogens is 18. The first-order valence-corrected chi connectivity index (χ1v) is 15.0. The van der Waals surface area contributed by atoms with Crippen molar-refractivity contribution < 1.29 is 79.0 Å². The summed E-state index contributed by atoms with van der Waals surface area (Å²) >= 11 is 17.0. The van der Waals surface area contributed by atoms with Crippen molar-refractivity contribution in [1.29, 1.82) is 0 Å². The summed E-state index contributed by atoms with van der Waals surface area (Å²) in [5.74, 6) is 2.22. The minimum atomic E-state index is -4.42. The van der Waals surface area contributed by atoms with E-state index >= 15 is 0 Å². The van der Waals surface area contributed by atoms with E-state index in [1.54, 1.807) is 25.7 Å². The van der Waals surface area contributed by atoms with E-state index in [2.05, 4.69) is 75.8 Å². The Morgan fingerprint density at radius 1 is 0.250 bits per heavy atom. The molecule has 0 heterocycles. The van der Waals surface area contributed by atoms with E-state index in [4.69, 9.17) is 0 Å². The molecule has 0 unspecified atom stereocenters. The normalized spacial score (nSPS) is 16.8. The molecule has 2 aliphatic carbocycles. The second-order valence-corrected chi connectivity index (χ2v) is 11.7. The minimum Gasteiger partial charge on any atom is -0.680 e. The summed E-state index contributed by atoms with van der Waals surface area (Å²) in [6.45, 7) is 0. The van der Waals surface area contributed by atoms with Crippen LogP contribution < -0.4 is 0 Å². The van der Waals surface area contributed by atoms with Crippen molar-refractivity contribution in [2.75, 3.05) is 0 Å². The molecule has 26 heteroatoms. The summed E-state index contributed by atoms with van der Waals surface area (Å²) in [7, 11) is 0. The molecule has 2 aliphatic rings. The molecule has 2 saturated carbocycles. The first-order valence-electron chi connectivity index (χ1n) is 12.6. The number of alkyl halides is 18. The monoisotopic (exact) mass is 882 g/mol. The summed E-state index contributed by atoms with van der Waals surface area (Å²) < 4.78 is 183. The zero-order valence-corrected chi connectivity index (χ0v) is 31.7. The molecule has 0 N–H and O–H groups in total. The molecule has 2 rings (SSSR count). The molecule has 0 atom stereocenters. The summed E-state index contributed by atoms with van der Waals surface area (Å²) in [6.07, 6.45) is 21.4. The fourth-order valence-corrected chi connectivity index (χ4v) is 3.92. The van der Waals surface area contributed by atoms with Crippen LogP contribution in [0.3, 0.4) is 0 Å². The zero-order chi connectivity index (χ0) is 38.1. The molecule has 0 radical (unpaired) electrons. The van der Waals surface area contributed by atoms with Gasteiger partial charge >= 0.3 is 34.7 Å². The van der Waals surface area contributed by atoms with Crippen LogP contribution in [0.2, 0.25) is 0 Å². The van der Waals surface area contributed by atoms with Gasteiger partial charge in [0.05, 0.1) is 0 Å². The molecule has 2 fully saturated rings. The van der Waals surface area contributed by atoms with Gasteiger partial charge in [-0.2, -0.15) is 79.0 Å². The van der Waals surface area contributed by atoms with Crippen molar-refractivity contribution in [2.24, 2.45) is 11.8 Å². The minimum absolute atomic E-state index is 0. The van der Waals surface area contributed by atoms with Gasteiger partial charge in [-0.3, -0.25) is 0 Å². The van der Waals surface area contributed by atoms with Gasteiger partial charge in [-0.1, -0.05) is 89.9 Å². The second kappa shape index (κ2) is 33.5. The van der Waals surface area contributed by atoms with Gasteiger partial charge < -0.3 is 75.8 Å². The van der Waals surface area contributed by atoms with Crippen LogP contribution >= 0.6 is 0 Å². The predicted molar refractivity (Wildman–Crippen MR) is 164 cm³/mol. The molecule has 0 aromatic rings. The molecule has 0 nitrogen and oxygen atoms in total. The van der Waals surface area contributed by atoms with Crippen molar-refractivity contribution in [3.8, 4) is 0 Å². The van der Waals surface area contributed by atoms with E-state index in [0.717, 1.165) is 11.8 Å². The Kier molecular flexibility index (Phi) is 45.2. The molecule has 0 aromatic heterocycles. The molecule has 0 aromatic carbocycles. The fraction of sp³-hybridized carbons (Fsp3) is 1.00. The SMILES string of the molecule is C1CCCC(C2CCCCCCC2)CCC1.FC(F)(F)[S-].FC(F)(F)[S-].FC(F)(F)[S-].FC(F)(F)[S-].FC(F)(F)[S-].FC(F)(F)[S-].[Al+3].[Al+3]. The van der Waals surface area contributed by atoms with E-state index in [-0.39, 0.29) is 34.7 Å². The van der Waals surface area contributed by atoms with Gasteiger partial charge in [-0.25, -0.2) is 0 Å². The van der Waals surface area contributed by atoms with Gasteiger partial charge in [0.25, 0.3) is 33.0 Å². The molecule has 48 heavy (non-hydrogen) atoms. The standard InChI is InChI=1S/C16H30.6CHF3S.2Al/c1-3-7-11-15(12-8-4-1)16-13-9-5-2-6-10-14-16;6*2-1(3,4)5;;/h15-16H,1-14H2;6*5H;;/q;;;;;;;2*+3/p-6. The number of rotatable bonds is 1. The Hall–Kier alpha value is 1.90. The predicted octanol–water partition coefficient (Wildman–Crippen LogP) is 11.3. The van der Waals surface area contributed by atoms with E-state index in [0.29, 0.717) is 0 Å². The zero-order valence-electron chi connectivity index (χ0n) is 24.5. The molecular weight excluding hydrogens is 853 g/mol. The van der Waals surface area contributed by atoms with Crippen molar-refractivity contribution in [3.63, 3.8) is 0 Å². The van der Waals surface area contributed by atoms with Crippen LogP contribution in [0, 0.1) is 11.8 Å². The summed E-state index contributed by atoms with van der Waals surface area (Å²) in [6, 6.07) is 0. The average molecular weight is 883 g/mol. The Labute approximate surface area is 322 Å². The van der Waals surface area contributed by atoms with Gasteiger partial charge in [0.2, 0.25) is 0 Å². The third-order valence-corrected chi connectivity index (χ3v) is 4.97. The quantitative estimate of drug-likeness (QED) is 0.145. The van der Waals surface area contributed by atoms with Crippen LogP contribution in [0.25, 0.3) is 0 Å². The Balaban J connectivity index is -0.0000000893. The molecule has 0 saturated heterocycles. The molecule has 0 amide bonds. The topological polar surface area (TPSA) is 0 Å². The van der Waals surface area contributed by atoms with E-state index in [1.807, 2.05) is 0 Å². The van der Waals surface area contributed by atoms with Crippen molar-refractivity contribution in [1.82, 2.24) is 0 Å². The van der Waals surface area contributed by atoms with E-state index in [9.17, 15) is 79.0 Å². The van der Waals surface area contributed by atoms with Crippen LogP contribution in [0.15, 0.2) is 0 Å². The fourth-order valence-electron chi connectivity index (χ4n) is 3.92. The first kappa shape index (κ1) is 64.8. The molecule has 286 valence electrons. The number of hydrogen-bond donors (Lipinski definition) is 0. The average Bonchev–Trinajstić information content (AvgIpc) is 2.60. The Morgan fingerprint density at radius 3 is 0.438 bits per heavy atom. The maximum atomic E-state index is 10.2. The van der Waals surface area contributed by atoms with Gasteiger partial charge in [-0.05, 0) is 11.8 Å². The molecular formula is C22H30Al2F18S6. The van der Waals surface area contributed by atoms with E-state index in [1.165, 1.54) is 64.2 Å². The third kappa shape index (κ3) is 157. The van der Waals surface area contributed by atoms with Crippen molar-refractivity contribution in [2.45, 2.75) is 123 Å². The van der Waals surface area contributed by atoms with Gasteiger partial charge in [0.1, 0.15) is 0 Å². The third-order valence-electron chi connectivity index (χ3n) is 4.97. The van der Waals surface area contributed by atoms with E-state index < -0.39 is 33.0 Å². The van der Waals surface area contributed by atoms with Crippen LogP contribution in [0.4, 0.5) is 79.0 Å². The van der Waals surface area contributed by atoms with Crippen LogP contribution in [0.1, 0.15) is 89.9 Å². The van der Waals surface area contributed by atoms with Crippen molar-refractivity contribution in [3.05, 3.63) is 0 Å². The summed E-state index contributed by atoms with van der Waals surface area (Å²) in [5, 5.41) is 0. The largest absolute Gasteiger partial charge is 3.00 e. The van der Waals surface area contributed by atoms with Gasteiger partial charge in [0, 0.05) is 0 Å². The maximum Gasteiger partial charge on any atom is 3.00 e. The molecule has 0 bridgehead atoms. The Morgan fingerprint density at radius 2 is 0.333 bits per heavy atom. The second-order valence-electron chi connectivity index (χ2n) is 8.88. The summed E-state index contributed by atoms with van der Waals surface area (Å²) in [5.41, 5.74) is -26.5. The maximum absolute atomic E-state index is 10.2.